The average molecular weight is 644 g/mol. The molecule has 0 unspecified atom stereocenters. The molecule has 47 heavy (non-hydrogen) atoms. The predicted octanol–water partition coefficient (Wildman–Crippen LogP) is 6.41. The van der Waals surface area contributed by atoms with Gasteiger partial charge in [0.1, 0.15) is 5.82 Å². The van der Waals surface area contributed by atoms with Crippen molar-refractivity contribution in [3.05, 3.63) is 76.7 Å². The molecule has 5 rings (SSSR count). The lowest BCUT2D eigenvalue weighted by Gasteiger charge is -2.27. The zero-order valence-electron chi connectivity index (χ0n) is 28.1. The largest absolute Gasteiger partial charge is 0.382 e. The van der Waals surface area contributed by atoms with E-state index in [-0.39, 0.29) is 24.4 Å². The summed E-state index contributed by atoms with van der Waals surface area (Å²) in [5.41, 5.74) is 6.30. The van der Waals surface area contributed by atoms with Crippen molar-refractivity contribution in [3.63, 3.8) is 0 Å². The number of aryl methyl sites for hydroxylation is 1. The zero-order chi connectivity index (χ0) is 33.0. The summed E-state index contributed by atoms with van der Waals surface area (Å²) in [4.78, 5) is 18.0. The number of nitrogens with one attached hydrogen (secondary N) is 4. The first-order valence-corrected chi connectivity index (χ1v) is 17.2. The first kappa shape index (κ1) is 34.3. The van der Waals surface area contributed by atoms with Crippen molar-refractivity contribution in [1.29, 1.82) is 0 Å². The molecule has 2 saturated heterocycles. The lowest BCUT2D eigenvalue weighted by Crippen LogP contribution is -2.35. The van der Waals surface area contributed by atoms with Crippen LogP contribution >= 0.6 is 0 Å². The standard InChI is InChI=1S/C37H50FN7O2/c1-4-34-32(35(43-30-14-18-47-19-15-30)23-36(44-34)45(6-3)42-5-2)25-41-37(46)40-24-28-10-11-33(38)31(22-28)29-9-7-8-27(21-29)20-26-12-16-39-17-13-26/h5,7-11,21-23,26,30,39H,4,6,12-20,24-25H2,1-3H3,(H,43,44)(H2,40,41,46)/b42-5-. The summed E-state index contributed by atoms with van der Waals surface area (Å²) in [6.45, 7) is 10.9. The maximum Gasteiger partial charge on any atom is 0.315 e. The van der Waals surface area contributed by atoms with E-state index in [1.54, 1.807) is 12.3 Å². The Morgan fingerprint density at radius 2 is 1.83 bits per heavy atom. The number of rotatable bonds is 13. The van der Waals surface area contributed by atoms with Gasteiger partial charge in [-0.3, -0.25) is 0 Å². The van der Waals surface area contributed by atoms with E-state index in [1.165, 1.54) is 24.5 Å². The van der Waals surface area contributed by atoms with Crippen molar-refractivity contribution >= 4 is 23.8 Å². The number of amides is 2. The van der Waals surface area contributed by atoms with Crippen LogP contribution in [0.2, 0.25) is 0 Å². The van der Waals surface area contributed by atoms with E-state index < -0.39 is 0 Å². The summed E-state index contributed by atoms with van der Waals surface area (Å²) in [5.74, 6) is 1.16. The minimum atomic E-state index is -0.297. The Hall–Kier alpha value is -4.02. The number of carbonyl (C=O) groups is 1. The summed E-state index contributed by atoms with van der Waals surface area (Å²) in [5, 5.41) is 19.5. The SMILES string of the molecule is C/C=N\N(CC)c1cc(NC2CCOCC2)c(CNC(=O)NCc2ccc(F)c(-c3cccc(CC4CCNCC4)c3)c2)c(CC)n1. The molecule has 2 aliphatic rings. The van der Waals surface area contributed by atoms with Crippen molar-refractivity contribution in [1.82, 2.24) is 20.9 Å². The molecular formula is C37H50FN7O2. The van der Waals surface area contributed by atoms with Gasteiger partial charge in [0.15, 0.2) is 5.82 Å². The Balaban J connectivity index is 1.25. The van der Waals surface area contributed by atoms with E-state index >= 15 is 4.39 Å². The maximum atomic E-state index is 15.0. The van der Waals surface area contributed by atoms with Gasteiger partial charge in [-0.2, -0.15) is 5.10 Å². The molecule has 3 aromatic rings. The highest BCUT2D eigenvalue weighted by molar-refractivity contribution is 5.75. The molecule has 3 heterocycles. The van der Waals surface area contributed by atoms with E-state index in [2.05, 4.69) is 45.4 Å². The van der Waals surface area contributed by atoms with Crippen LogP contribution in [0.25, 0.3) is 11.1 Å². The van der Waals surface area contributed by atoms with Crippen LogP contribution in [0.3, 0.4) is 0 Å². The van der Waals surface area contributed by atoms with Crippen LogP contribution in [0.1, 0.15) is 68.8 Å². The fourth-order valence-electron chi connectivity index (χ4n) is 6.47. The minimum absolute atomic E-state index is 0.268. The van der Waals surface area contributed by atoms with Gasteiger partial charge in [0.2, 0.25) is 0 Å². The summed E-state index contributed by atoms with van der Waals surface area (Å²) in [6.07, 6.45) is 7.65. The second-order valence-electron chi connectivity index (χ2n) is 12.4. The van der Waals surface area contributed by atoms with Gasteiger partial charge < -0.3 is 26.0 Å². The average Bonchev–Trinajstić information content (AvgIpc) is 3.10. The van der Waals surface area contributed by atoms with E-state index in [0.29, 0.717) is 31.0 Å². The van der Waals surface area contributed by atoms with E-state index in [4.69, 9.17) is 9.72 Å². The summed E-state index contributed by atoms with van der Waals surface area (Å²) in [6, 6.07) is 15.3. The van der Waals surface area contributed by atoms with Gasteiger partial charge in [0.25, 0.3) is 0 Å². The number of hydrogen-bond donors (Lipinski definition) is 4. The third-order valence-corrected chi connectivity index (χ3v) is 9.06. The van der Waals surface area contributed by atoms with Crippen LogP contribution in [0.15, 0.2) is 53.6 Å². The van der Waals surface area contributed by atoms with E-state index in [1.807, 2.05) is 43.1 Å². The molecule has 1 aromatic heterocycles. The molecule has 2 aromatic carbocycles. The van der Waals surface area contributed by atoms with Crippen LogP contribution in [0.4, 0.5) is 20.7 Å². The molecular weight excluding hydrogens is 593 g/mol. The molecule has 0 aliphatic carbocycles. The first-order chi connectivity index (χ1) is 23.0. The fourth-order valence-corrected chi connectivity index (χ4v) is 6.47. The smallest absolute Gasteiger partial charge is 0.315 e. The lowest BCUT2D eigenvalue weighted by atomic mass is 9.90. The molecule has 0 radical (unpaired) electrons. The Kier molecular flexibility index (Phi) is 12.6. The predicted molar refractivity (Wildman–Crippen MR) is 188 cm³/mol. The second-order valence-corrected chi connectivity index (χ2v) is 12.4. The molecule has 0 spiro atoms. The number of pyridine rings is 1. The summed E-state index contributed by atoms with van der Waals surface area (Å²) >= 11 is 0. The Morgan fingerprint density at radius 1 is 1.04 bits per heavy atom. The summed E-state index contributed by atoms with van der Waals surface area (Å²) in [7, 11) is 0. The number of hydrogen-bond acceptors (Lipinski definition) is 7. The van der Waals surface area contributed by atoms with Crippen LogP contribution in [0.5, 0.6) is 0 Å². The van der Waals surface area contributed by atoms with Gasteiger partial charge >= 0.3 is 6.03 Å². The van der Waals surface area contributed by atoms with Crippen molar-refractivity contribution in [3.8, 4) is 11.1 Å². The normalized spacial score (nSPS) is 15.9. The lowest BCUT2D eigenvalue weighted by molar-refractivity contribution is 0.0904. The molecule has 2 amide bonds. The van der Waals surface area contributed by atoms with Crippen LogP contribution < -0.4 is 26.3 Å². The molecule has 9 nitrogen and oxygen atoms in total. The molecule has 252 valence electrons. The number of benzene rings is 2. The molecule has 4 N–H and O–H groups in total. The number of urea groups is 1. The Morgan fingerprint density at radius 3 is 2.57 bits per heavy atom. The molecule has 0 bridgehead atoms. The monoisotopic (exact) mass is 643 g/mol. The van der Waals surface area contributed by atoms with Crippen LogP contribution in [0, 0.1) is 11.7 Å². The number of halogens is 1. The third-order valence-electron chi connectivity index (χ3n) is 9.06. The summed E-state index contributed by atoms with van der Waals surface area (Å²) < 4.78 is 20.6. The van der Waals surface area contributed by atoms with Gasteiger partial charge in [-0.25, -0.2) is 19.2 Å². The topological polar surface area (TPSA) is 103 Å². The van der Waals surface area contributed by atoms with Gasteiger partial charge in [0.05, 0.1) is 0 Å². The molecule has 10 heteroatoms. The third kappa shape index (κ3) is 9.51. The number of ether oxygens (including phenoxy) is 1. The number of nitrogens with zero attached hydrogens (tertiary/aromatic N) is 3. The number of aromatic nitrogens is 1. The molecule has 0 saturated carbocycles. The number of piperidine rings is 1. The first-order valence-electron chi connectivity index (χ1n) is 17.2. The van der Waals surface area contributed by atoms with Crippen LogP contribution in [-0.4, -0.2) is 56.1 Å². The molecule has 2 fully saturated rings. The highest BCUT2D eigenvalue weighted by atomic mass is 19.1. The van der Waals surface area contributed by atoms with Gasteiger partial charge in [-0.15, -0.1) is 0 Å². The van der Waals surface area contributed by atoms with Gasteiger partial charge in [-0.1, -0.05) is 37.3 Å². The highest BCUT2D eigenvalue weighted by Crippen LogP contribution is 2.29. The van der Waals surface area contributed by atoms with Crippen LogP contribution in [-0.2, 0) is 30.7 Å². The van der Waals surface area contributed by atoms with Gasteiger partial charge in [-0.05, 0) is 100 Å². The van der Waals surface area contributed by atoms with E-state index in [9.17, 15) is 4.79 Å². The minimum Gasteiger partial charge on any atom is -0.382 e. The highest BCUT2D eigenvalue weighted by Gasteiger charge is 2.20. The van der Waals surface area contributed by atoms with Gasteiger partial charge in [0, 0.05) is 73.7 Å². The van der Waals surface area contributed by atoms with Crippen molar-refractivity contribution in [2.45, 2.75) is 78.4 Å². The molecule has 0 atom stereocenters. The number of anilines is 2. The fraction of sp³-hybridized carbons (Fsp3) is 0.486. The number of carbonyl (C=O) groups excluding carboxylic acids is 1. The quantitative estimate of drug-likeness (QED) is 0.127. The number of hydrazone groups is 1. The second kappa shape index (κ2) is 17.2. The van der Waals surface area contributed by atoms with E-state index in [0.717, 1.165) is 79.5 Å². The van der Waals surface area contributed by atoms with Crippen molar-refractivity contribution in [2.75, 3.05) is 43.2 Å². The van der Waals surface area contributed by atoms with Crippen molar-refractivity contribution < 1.29 is 13.9 Å². The zero-order valence-corrected chi connectivity index (χ0v) is 28.1. The Bertz CT molecular complexity index is 1500. The Labute approximate surface area is 278 Å². The van der Waals surface area contributed by atoms with Crippen molar-refractivity contribution in [2.24, 2.45) is 11.0 Å². The molecule has 2 aliphatic heterocycles. The maximum absolute atomic E-state index is 15.0.